The molecule has 5 nitrogen and oxygen atoms in total. The fourth-order valence-corrected chi connectivity index (χ4v) is 5.91. The number of nitrogens with zero attached hydrogens (tertiary/aromatic N) is 2. The molecule has 124 valence electrons. The number of thiophene rings is 1. The number of likely N-dealkylation sites (tertiary alicyclic amines) is 1. The third kappa shape index (κ3) is 3.89. The summed E-state index contributed by atoms with van der Waals surface area (Å²) in [6, 6.07) is 3.78. The first kappa shape index (κ1) is 16.4. The predicted molar refractivity (Wildman–Crippen MR) is 89.8 cm³/mol. The summed E-state index contributed by atoms with van der Waals surface area (Å²) in [6.07, 6.45) is 4.90. The van der Waals surface area contributed by atoms with Crippen molar-refractivity contribution in [2.24, 2.45) is 0 Å². The highest BCUT2D eigenvalue weighted by molar-refractivity contribution is 7.91. The molecular weight excluding hydrogens is 318 g/mol. The fourth-order valence-electron chi connectivity index (χ4n) is 3.26. The van der Waals surface area contributed by atoms with E-state index in [2.05, 4.69) is 10.2 Å². The first-order chi connectivity index (χ1) is 10.7. The van der Waals surface area contributed by atoms with E-state index in [1.54, 1.807) is 16.4 Å². The molecule has 0 bridgehead atoms. The van der Waals surface area contributed by atoms with Crippen molar-refractivity contribution in [3.63, 3.8) is 0 Å². The largest absolute Gasteiger partial charge is 0.311 e. The van der Waals surface area contributed by atoms with Crippen LogP contribution in [0.15, 0.2) is 21.7 Å². The monoisotopic (exact) mass is 343 g/mol. The van der Waals surface area contributed by atoms with Gasteiger partial charge in [0.1, 0.15) is 4.21 Å². The van der Waals surface area contributed by atoms with E-state index in [1.807, 2.05) is 5.38 Å². The molecular formula is C15H25N3O2S2. The highest BCUT2D eigenvalue weighted by Crippen LogP contribution is 2.24. The van der Waals surface area contributed by atoms with Crippen LogP contribution in [0.1, 0.15) is 25.7 Å². The Labute approximate surface area is 137 Å². The van der Waals surface area contributed by atoms with Gasteiger partial charge in [-0.15, -0.1) is 11.3 Å². The molecule has 0 saturated carbocycles. The van der Waals surface area contributed by atoms with Gasteiger partial charge in [-0.1, -0.05) is 12.5 Å². The molecule has 0 amide bonds. The van der Waals surface area contributed by atoms with Crippen LogP contribution in [0.25, 0.3) is 0 Å². The fraction of sp³-hybridized carbons (Fsp3) is 0.733. The first-order valence-corrected chi connectivity index (χ1v) is 10.5. The third-order valence-corrected chi connectivity index (χ3v) is 7.79. The van der Waals surface area contributed by atoms with E-state index in [-0.39, 0.29) is 0 Å². The Morgan fingerprint density at radius 1 is 1.23 bits per heavy atom. The average Bonchev–Trinajstić information content (AvgIpc) is 3.20. The van der Waals surface area contributed by atoms with Crippen molar-refractivity contribution in [1.82, 2.24) is 14.5 Å². The maximum atomic E-state index is 12.5. The summed E-state index contributed by atoms with van der Waals surface area (Å²) in [5.74, 6) is 0. The summed E-state index contributed by atoms with van der Waals surface area (Å²) >= 11 is 1.30. The van der Waals surface area contributed by atoms with Crippen molar-refractivity contribution in [3.05, 3.63) is 17.5 Å². The number of hydrogen-bond acceptors (Lipinski definition) is 5. The van der Waals surface area contributed by atoms with Crippen LogP contribution in [0.4, 0.5) is 0 Å². The van der Waals surface area contributed by atoms with Crippen LogP contribution in [0.2, 0.25) is 0 Å². The maximum absolute atomic E-state index is 12.5. The lowest BCUT2D eigenvalue weighted by molar-refractivity contribution is 0.226. The van der Waals surface area contributed by atoms with Gasteiger partial charge in [0.05, 0.1) is 0 Å². The molecule has 2 saturated heterocycles. The van der Waals surface area contributed by atoms with Crippen molar-refractivity contribution in [2.75, 3.05) is 39.3 Å². The van der Waals surface area contributed by atoms with Crippen molar-refractivity contribution < 1.29 is 8.42 Å². The summed E-state index contributed by atoms with van der Waals surface area (Å²) in [7, 11) is -3.27. The summed E-state index contributed by atoms with van der Waals surface area (Å²) in [4.78, 5) is 2.51. The minimum atomic E-state index is -3.27. The molecule has 7 heteroatoms. The topological polar surface area (TPSA) is 52.7 Å². The lowest BCUT2D eigenvalue weighted by atomic mass is 10.1. The Bertz CT molecular complexity index is 553. The van der Waals surface area contributed by atoms with Gasteiger partial charge >= 0.3 is 0 Å². The SMILES string of the molecule is O=S(=O)(c1cccs1)N1CCC(NCCN2CCCCC2)C1. The van der Waals surface area contributed by atoms with E-state index in [0.717, 1.165) is 19.5 Å². The normalized spacial score (nSPS) is 24.8. The van der Waals surface area contributed by atoms with Gasteiger partial charge in [-0.3, -0.25) is 0 Å². The van der Waals surface area contributed by atoms with E-state index >= 15 is 0 Å². The third-order valence-electron chi connectivity index (χ3n) is 4.55. The minimum absolute atomic E-state index is 0.291. The molecule has 2 aliphatic rings. The molecule has 3 heterocycles. The van der Waals surface area contributed by atoms with Crippen LogP contribution < -0.4 is 5.32 Å². The molecule has 0 aromatic carbocycles. The highest BCUT2D eigenvalue weighted by atomic mass is 32.2. The zero-order chi connectivity index (χ0) is 15.4. The summed E-state index contributed by atoms with van der Waals surface area (Å²) in [6.45, 7) is 5.68. The van der Waals surface area contributed by atoms with Gasteiger partial charge in [-0.05, 0) is 43.8 Å². The average molecular weight is 344 g/mol. The van der Waals surface area contributed by atoms with Gasteiger partial charge in [0, 0.05) is 32.2 Å². The van der Waals surface area contributed by atoms with Crippen LogP contribution in [0.5, 0.6) is 0 Å². The van der Waals surface area contributed by atoms with Crippen molar-refractivity contribution in [3.8, 4) is 0 Å². The van der Waals surface area contributed by atoms with Crippen LogP contribution >= 0.6 is 11.3 Å². The molecule has 1 N–H and O–H groups in total. The second kappa shape index (κ2) is 7.40. The summed E-state index contributed by atoms with van der Waals surface area (Å²) in [5, 5.41) is 5.35. The molecule has 22 heavy (non-hydrogen) atoms. The van der Waals surface area contributed by atoms with Gasteiger partial charge in [-0.2, -0.15) is 4.31 Å². The summed E-state index contributed by atoms with van der Waals surface area (Å²) < 4.78 is 27.0. The number of nitrogens with one attached hydrogen (secondary N) is 1. The van der Waals surface area contributed by atoms with Crippen LogP contribution in [0.3, 0.4) is 0 Å². The standard InChI is InChI=1S/C15H25N3O2S2/c19-22(20,15-5-4-12-21-15)18-10-6-14(13-18)16-7-11-17-8-2-1-3-9-17/h4-5,12,14,16H,1-3,6-11,13H2. The lowest BCUT2D eigenvalue weighted by Gasteiger charge is -2.27. The lowest BCUT2D eigenvalue weighted by Crippen LogP contribution is -2.40. The van der Waals surface area contributed by atoms with E-state index in [9.17, 15) is 8.42 Å². The van der Waals surface area contributed by atoms with Gasteiger partial charge in [0.25, 0.3) is 10.0 Å². The maximum Gasteiger partial charge on any atom is 0.252 e. The second-order valence-corrected chi connectivity index (χ2v) is 9.25. The zero-order valence-corrected chi connectivity index (χ0v) is 14.5. The molecule has 1 atom stereocenters. The first-order valence-electron chi connectivity index (χ1n) is 8.16. The second-order valence-electron chi connectivity index (χ2n) is 6.14. The Hall–Kier alpha value is -0.470. The Morgan fingerprint density at radius 3 is 2.77 bits per heavy atom. The highest BCUT2D eigenvalue weighted by Gasteiger charge is 2.32. The quantitative estimate of drug-likeness (QED) is 0.852. The Kier molecular flexibility index (Phi) is 5.51. The zero-order valence-electron chi connectivity index (χ0n) is 12.9. The van der Waals surface area contributed by atoms with Crippen molar-refractivity contribution in [2.45, 2.75) is 35.9 Å². The molecule has 1 aromatic rings. The molecule has 2 aliphatic heterocycles. The number of hydrogen-bond donors (Lipinski definition) is 1. The van der Waals surface area contributed by atoms with Gasteiger partial charge < -0.3 is 10.2 Å². The van der Waals surface area contributed by atoms with E-state index in [1.165, 1.54) is 43.7 Å². The van der Waals surface area contributed by atoms with E-state index in [0.29, 0.717) is 23.3 Å². The summed E-state index contributed by atoms with van der Waals surface area (Å²) in [5.41, 5.74) is 0. The van der Waals surface area contributed by atoms with Crippen LogP contribution in [0, 0.1) is 0 Å². The molecule has 1 unspecified atom stereocenters. The Morgan fingerprint density at radius 2 is 2.05 bits per heavy atom. The Balaban J connectivity index is 1.44. The number of rotatable bonds is 6. The smallest absolute Gasteiger partial charge is 0.252 e. The molecule has 3 rings (SSSR count). The predicted octanol–water partition coefficient (Wildman–Crippen LogP) is 1.59. The van der Waals surface area contributed by atoms with Crippen LogP contribution in [-0.2, 0) is 10.0 Å². The van der Waals surface area contributed by atoms with Crippen LogP contribution in [-0.4, -0.2) is 62.9 Å². The van der Waals surface area contributed by atoms with E-state index < -0.39 is 10.0 Å². The number of sulfonamides is 1. The van der Waals surface area contributed by atoms with Crippen molar-refractivity contribution >= 4 is 21.4 Å². The van der Waals surface area contributed by atoms with E-state index in [4.69, 9.17) is 0 Å². The molecule has 0 radical (unpaired) electrons. The molecule has 0 spiro atoms. The number of piperidine rings is 1. The van der Waals surface area contributed by atoms with Gasteiger partial charge in [0.2, 0.25) is 0 Å². The van der Waals surface area contributed by atoms with Crippen molar-refractivity contribution in [1.29, 1.82) is 0 Å². The van der Waals surface area contributed by atoms with Gasteiger partial charge in [-0.25, -0.2) is 8.42 Å². The molecule has 1 aromatic heterocycles. The minimum Gasteiger partial charge on any atom is -0.311 e. The molecule has 2 fully saturated rings. The van der Waals surface area contributed by atoms with Gasteiger partial charge in [0.15, 0.2) is 0 Å². The molecule has 0 aliphatic carbocycles.